The van der Waals surface area contributed by atoms with Crippen molar-refractivity contribution in [2.24, 2.45) is 5.92 Å². The maximum absolute atomic E-state index is 10.6. The molecule has 1 aromatic rings. The van der Waals surface area contributed by atoms with Gasteiger partial charge >= 0.3 is 5.00 Å². The van der Waals surface area contributed by atoms with E-state index in [0.717, 1.165) is 17.3 Å². The number of rotatable bonds is 5. The number of thiophene rings is 1. The zero-order valence-corrected chi connectivity index (χ0v) is 11.5. The fraction of sp³-hybridized carbons (Fsp3) is 0.692. The molecule has 2 rings (SSSR count). The van der Waals surface area contributed by atoms with Gasteiger partial charge in [-0.3, -0.25) is 10.1 Å². The normalized spacial score (nSPS) is 24.1. The summed E-state index contributed by atoms with van der Waals surface area (Å²) < 4.78 is 0. The molecule has 1 heterocycles. The van der Waals surface area contributed by atoms with Crippen molar-refractivity contribution in [3.63, 3.8) is 0 Å². The first-order chi connectivity index (χ1) is 8.69. The second-order valence-corrected chi connectivity index (χ2v) is 6.15. The van der Waals surface area contributed by atoms with E-state index < -0.39 is 0 Å². The lowest BCUT2D eigenvalue weighted by molar-refractivity contribution is -0.380. The van der Waals surface area contributed by atoms with E-state index in [1.54, 1.807) is 6.07 Å². The van der Waals surface area contributed by atoms with Gasteiger partial charge in [0, 0.05) is 23.5 Å². The van der Waals surface area contributed by atoms with E-state index in [0.29, 0.717) is 6.04 Å². The molecule has 0 saturated heterocycles. The van der Waals surface area contributed by atoms with Crippen LogP contribution in [0.2, 0.25) is 0 Å². The smallest absolute Gasteiger partial charge is 0.309 e. The summed E-state index contributed by atoms with van der Waals surface area (Å²) in [7, 11) is 0. The minimum absolute atomic E-state index is 0.237. The predicted molar refractivity (Wildman–Crippen MR) is 73.9 cm³/mol. The fourth-order valence-corrected chi connectivity index (χ4v) is 3.35. The maximum Gasteiger partial charge on any atom is 0.324 e. The summed E-state index contributed by atoms with van der Waals surface area (Å²) in [5, 5.41) is 14.3. The van der Waals surface area contributed by atoms with Gasteiger partial charge in [0.1, 0.15) is 0 Å². The van der Waals surface area contributed by atoms with Gasteiger partial charge in [-0.25, -0.2) is 0 Å². The van der Waals surface area contributed by atoms with Crippen LogP contribution in [0.4, 0.5) is 5.00 Å². The summed E-state index contributed by atoms with van der Waals surface area (Å²) >= 11 is 1.27. The van der Waals surface area contributed by atoms with E-state index in [4.69, 9.17) is 0 Å². The highest BCUT2D eigenvalue weighted by molar-refractivity contribution is 7.15. The lowest BCUT2D eigenvalue weighted by Gasteiger charge is -2.28. The van der Waals surface area contributed by atoms with Crippen LogP contribution < -0.4 is 5.32 Å². The second-order valence-electron chi connectivity index (χ2n) is 5.00. The number of nitrogens with one attached hydrogen (secondary N) is 1. The lowest BCUT2D eigenvalue weighted by Crippen LogP contribution is -2.32. The molecule has 1 aliphatic carbocycles. The molecule has 0 aliphatic heterocycles. The molecule has 100 valence electrons. The Morgan fingerprint density at radius 2 is 2.11 bits per heavy atom. The van der Waals surface area contributed by atoms with Crippen molar-refractivity contribution in [1.29, 1.82) is 0 Å². The van der Waals surface area contributed by atoms with E-state index in [9.17, 15) is 10.1 Å². The molecule has 0 radical (unpaired) electrons. The van der Waals surface area contributed by atoms with Crippen molar-refractivity contribution in [1.82, 2.24) is 5.32 Å². The van der Waals surface area contributed by atoms with Crippen molar-refractivity contribution in [3.05, 3.63) is 27.1 Å². The topological polar surface area (TPSA) is 55.2 Å². The van der Waals surface area contributed by atoms with Gasteiger partial charge in [0.05, 0.1) is 4.92 Å². The molecule has 1 aliphatic rings. The molecule has 0 bridgehead atoms. The average molecular weight is 268 g/mol. The van der Waals surface area contributed by atoms with Gasteiger partial charge in [0.2, 0.25) is 0 Å². The van der Waals surface area contributed by atoms with E-state index in [1.165, 1.54) is 43.4 Å². The highest BCUT2D eigenvalue weighted by Crippen LogP contribution is 2.28. The Bertz CT molecular complexity index is 397. The van der Waals surface area contributed by atoms with E-state index >= 15 is 0 Å². The van der Waals surface area contributed by atoms with Crippen molar-refractivity contribution < 1.29 is 4.92 Å². The van der Waals surface area contributed by atoms with E-state index in [1.807, 2.05) is 6.07 Å². The van der Waals surface area contributed by atoms with Crippen LogP contribution in [0.1, 0.15) is 43.9 Å². The van der Waals surface area contributed by atoms with Crippen LogP contribution >= 0.6 is 11.3 Å². The minimum Gasteiger partial charge on any atom is -0.309 e. The van der Waals surface area contributed by atoms with Crippen molar-refractivity contribution in [2.45, 2.75) is 51.6 Å². The maximum atomic E-state index is 10.6. The summed E-state index contributed by atoms with van der Waals surface area (Å²) in [4.78, 5) is 11.3. The van der Waals surface area contributed by atoms with Crippen LogP contribution in [-0.4, -0.2) is 11.0 Å². The molecular formula is C13H20N2O2S. The molecular weight excluding hydrogens is 248 g/mol. The zero-order valence-electron chi connectivity index (χ0n) is 10.7. The first kappa shape index (κ1) is 13.5. The Morgan fingerprint density at radius 3 is 2.67 bits per heavy atom. The number of hydrogen-bond acceptors (Lipinski definition) is 4. The SMILES string of the molecule is CCC1CCC(NCc2ccc([N+](=O)[O-])s2)CC1. The van der Waals surface area contributed by atoms with Crippen LogP contribution in [0, 0.1) is 16.0 Å². The third kappa shape index (κ3) is 3.53. The fourth-order valence-electron chi connectivity index (χ4n) is 2.58. The third-order valence-corrected chi connectivity index (χ3v) is 4.85. The minimum atomic E-state index is -0.319. The highest BCUT2D eigenvalue weighted by Gasteiger charge is 2.19. The van der Waals surface area contributed by atoms with Gasteiger partial charge in [0.15, 0.2) is 0 Å². The van der Waals surface area contributed by atoms with Gasteiger partial charge in [-0.1, -0.05) is 24.7 Å². The quantitative estimate of drug-likeness (QED) is 0.654. The molecule has 5 heteroatoms. The molecule has 1 aromatic heterocycles. The highest BCUT2D eigenvalue weighted by atomic mass is 32.1. The van der Waals surface area contributed by atoms with Crippen molar-refractivity contribution >= 4 is 16.3 Å². The molecule has 0 spiro atoms. The predicted octanol–water partition coefficient (Wildman–Crippen LogP) is 3.71. The molecule has 4 nitrogen and oxygen atoms in total. The standard InChI is InChI=1S/C13H20N2O2S/c1-2-10-3-5-11(6-4-10)14-9-12-7-8-13(18-12)15(16)17/h7-8,10-11,14H,2-6,9H2,1H3. The van der Waals surface area contributed by atoms with E-state index in [2.05, 4.69) is 12.2 Å². The number of nitro groups is 1. The van der Waals surface area contributed by atoms with Crippen LogP contribution in [0.3, 0.4) is 0 Å². The Balaban J connectivity index is 1.76. The molecule has 0 atom stereocenters. The summed E-state index contributed by atoms with van der Waals surface area (Å²) in [6.07, 6.45) is 6.42. The van der Waals surface area contributed by atoms with Crippen molar-refractivity contribution in [3.8, 4) is 0 Å². The molecule has 1 saturated carbocycles. The Morgan fingerprint density at radius 1 is 1.39 bits per heavy atom. The second kappa shape index (κ2) is 6.29. The third-order valence-electron chi connectivity index (χ3n) is 3.82. The van der Waals surface area contributed by atoms with E-state index in [-0.39, 0.29) is 9.92 Å². The van der Waals surface area contributed by atoms with Crippen LogP contribution in [0.5, 0.6) is 0 Å². The van der Waals surface area contributed by atoms with Gasteiger partial charge < -0.3 is 5.32 Å². The number of nitrogens with zero attached hydrogens (tertiary/aromatic N) is 1. The summed E-state index contributed by atoms with van der Waals surface area (Å²) in [6, 6.07) is 4.04. The van der Waals surface area contributed by atoms with Gasteiger partial charge in [-0.2, -0.15) is 0 Å². The molecule has 0 aromatic carbocycles. The Kier molecular flexibility index (Phi) is 4.72. The summed E-state index contributed by atoms with van der Waals surface area (Å²) in [5.41, 5.74) is 0. The first-order valence-electron chi connectivity index (χ1n) is 6.65. The molecule has 1 N–H and O–H groups in total. The first-order valence-corrected chi connectivity index (χ1v) is 7.47. The average Bonchev–Trinajstić information content (AvgIpc) is 2.86. The zero-order chi connectivity index (χ0) is 13.0. The van der Waals surface area contributed by atoms with Crippen LogP contribution in [0.25, 0.3) is 0 Å². The summed E-state index contributed by atoms with van der Waals surface area (Å²) in [6.45, 7) is 3.03. The number of hydrogen-bond donors (Lipinski definition) is 1. The lowest BCUT2D eigenvalue weighted by atomic mass is 9.84. The molecule has 18 heavy (non-hydrogen) atoms. The Labute approximate surface area is 112 Å². The molecule has 1 fully saturated rings. The van der Waals surface area contributed by atoms with Gasteiger partial charge in [0.25, 0.3) is 0 Å². The van der Waals surface area contributed by atoms with Gasteiger partial charge in [-0.05, 0) is 37.7 Å². The summed E-state index contributed by atoms with van der Waals surface area (Å²) in [5.74, 6) is 0.908. The van der Waals surface area contributed by atoms with Crippen LogP contribution in [0.15, 0.2) is 12.1 Å². The Hall–Kier alpha value is -0.940. The van der Waals surface area contributed by atoms with Crippen LogP contribution in [-0.2, 0) is 6.54 Å². The van der Waals surface area contributed by atoms with Crippen molar-refractivity contribution in [2.75, 3.05) is 0 Å². The molecule has 0 amide bonds. The largest absolute Gasteiger partial charge is 0.324 e. The molecule has 0 unspecified atom stereocenters. The monoisotopic (exact) mass is 268 g/mol. The van der Waals surface area contributed by atoms with Gasteiger partial charge in [-0.15, -0.1) is 0 Å².